The van der Waals surface area contributed by atoms with Crippen LogP contribution in [0.3, 0.4) is 0 Å². The first-order valence-corrected chi connectivity index (χ1v) is 9.70. The van der Waals surface area contributed by atoms with Crippen LogP contribution in [0.15, 0.2) is 29.1 Å². The first kappa shape index (κ1) is 18.1. The number of pyridine rings is 1. The van der Waals surface area contributed by atoms with Crippen LogP contribution in [0.5, 0.6) is 0 Å². The summed E-state index contributed by atoms with van der Waals surface area (Å²) in [4.78, 5) is 31.3. The van der Waals surface area contributed by atoms with E-state index < -0.39 is 6.10 Å². The third kappa shape index (κ3) is 4.04. The number of aliphatic hydroxyl groups is 1. The number of hydrogen-bond donors (Lipinski definition) is 2. The SMILES string of the molecule is Cc1cccc2nc(CN3CCC([C@H](O)C(=O)NC4CC4)CC3)cc(=O)n12. The number of piperidine rings is 1. The van der Waals surface area contributed by atoms with Gasteiger partial charge in [-0.2, -0.15) is 0 Å². The smallest absolute Gasteiger partial charge is 0.258 e. The highest BCUT2D eigenvalue weighted by Gasteiger charge is 2.33. The zero-order valence-corrected chi connectivity index (χ0v) is 15.6. The van der Waals surface area contributed by atoms with Gasteiger partial charge in [-0.3, -0.25) is 18.9 Å². The van der Waals surface area contributed by atoms with Crippen molar-refractivity contribution in [3.05, 3.63) is 46.0 Å². The second kappa shape index (κ2) is 7.40. The Labute approximate surface area is 158 Å². The molecule has 2 aromatic rings. The summed E-state index contributed by atoms with van der Waals surface area (Å²) in [7, 11) is 0. The lowest BCUT2D eigenvalue weighted by atomic mass is 9.90. The monoisotopic (exact) mass is 370 g/mol. The number of amides is 1. The second-order valence-electron chi connectivity index (χ2n) is 7.79. The summed E-state index contributed by atoms with van der Waals surface area (Å²) >= 11 is 0. The van der Waals surface area contributed by atoms with E-state index in [1.165, 1.54) is 0 Å². The van der Waals surface area contributed by atoms with Gasteiger partial charge in [0.1, 0.15) is 11.8 Å². The Kier molecular flexibility index (Phi) is 4.97. The zero-order chi connectivity index (χ0) is 19.0. The van der Waals surface area contributed by atoms with E-state index in [1.54, 1.807) is 10.5 Å². The molecule has 0 aromatic carbocycles. The number of aromatic nitrogens is 2. The van der Waals surface area contributed by atoms with Gasteiger partial charge in [0.05, 0.1) is 5.69 Å². The van der Waals surface area contributed by atoms with E-state index in [1.807, 2.05) is 25.1 Å². The number of rotatable bonds is 5. The average Bonchev–Trinajstić information content (AvgIpc) is 3.45. The molecule has 144 valence electrons. The van der Waals surface area contributed by atoms with Crippen LogP contribution in [0, 0.1) is 12.8 Å². The van der Waals surface area contributed by atoms with E-state index in [0.29, 0.717) is 12.2 Å². The largest absolute Gasteiger partial charge is 0.383 e. The molecule has 1 aliphatic carbocycles. The quantitative estimate of drug-likeness (QED) is 0.815. The van der Waals surface area contributed by atoms with Crippen molar-refractivity contribution in [1.82, 2.24) is 19.6 Å². The number of carbonyl (C=O) groups excluding carboxylic acids is 1. The Bertz CT molecular complexity index is 898. The van der Waals surface area contributed by atoms with Crippen LogP contribution < -0.4 is 10.9 Å². The predicted molar refractivity (Wildman–Crippen MR) is 101 cm³/mol. The highest BCUT2D eigenvalue weighted by molar-refractivity contribution is 5.81. The Morgan fingerprint density at radius 1 is 1.30 bits per heavy atom. The van der Waals surface area contributed by atoms with Gasteiger partial charge in [0.15, 0.2) is 0 Å². The second-order valence-corrected chi connectivity index (χ2v) is 7.79. The van der Waals surface area contributed by atoms with Crippen LogP contribution in [0.2, 0.25) is 0 Å². The maximum atomic E-state index is 12.4. The van der Waals surface area contributed by atoms with Crippen LogP contribution >= 0.6 is 0 Å². The normalized spacial score (nSPS) is 19.9. The first-order chi connectivity index (χ1) is 13.0. The molecular weight excluding hydrogens is 344 g/mol. The number of nitrogens with zero attached hydrogens (tertiary/aromatic N) is 3. The molecule has 0 spiro atoms. The topological polar surface area (TPSA) is 86.9 Å². The molecular formula is C20H26N4O3. The maximum absolute atomic E-state index is 12.4. The number of aliphatic hydroxyl groups excluding tert-OH is 1. The van der Waals surface area contributed by atoms with Gasteiger partial charge < -0.3 is 10.4 Å². The minimum absolute atomic E-state index is 0.00200. The van der Waals surface area contributed by atoms with Crippen LogP contribution in [0.25, 0.3) is 5.65 Å². The van der Waals surface area contributed by atoms with Crippen molar-refractivity contribution in [2.24, 2.45) is 5.92 Å². The van der Waals surface area contributed by atoms with Gasteiger partial charge in [0.2, 0.25) is 5.91 Å². The molecule has 27 heavy (non-hydrogen) atoms. The third-order valence-corrected chi connectivity index (χ3v) is 5.59. The van der Waals surface area contributed by atoms with Crippen molar-refractivity contribution in [3.8, 4) is 0 Å². The molecule has 1 saturated heterocycles. The molecule has 1 amide bonds. The molecule has 3 heterocycles. The molecule has 4 rings (SSSR count). The Balaban J connectivity index is 1.37. The lowest BCUT2D eigenvalue weighted by Crippen LogP contribution is -2.45. The van der Waals surface area contributed by atoms with Gasteiger partial charge in [-0.15, -0.1) is 0 Å². The summed E-state index contributed by atoms with van der Waals surface area (Å²) in [6.45, 7) is 4.07. The van der Waals surface area contributed by atoms with Crippen molar-refractivity contribution in [1.29, 1.82) is 0 Å². The molecule has 0 unspecified atom stereocenters. The van der Waals surface area contributed by atoms with Crippen molar-refractivity contribution in [3.63, 3.8) is 0 Å². The van der Waals surface area contributed by atoms with E-state index >= 15 is 0 Å². The molecule has 2 fully saturated rings. The summed E-state index contributed by atoms with van der Waals surface area (Å²) < 4.78 is 1.62. The maximum Gasteiger partial charge on any atom is 0.258 e. The number of hydrogen-bond acceptors (Lipinski definition) is 5. The summed E-state index contributed by atoms with van der Waals surface area (Å²) in [5, 5.41) is 13.2. The van der Waals surface area contributed by atoms with Gasteiger partial charge in [0.25, 0.3) is 5.56 Å². The summed E-state index contributed by atoms with van der Waals surface area (Å²) in [5.74, 6) is -0.228. The highest BCUT2D eigenvalue weighted by Crippen LogP contribution is 2.24. The van der Waals surface area contributed by atoms with E-state index in [0.717, 1.165) is 50.2 Å². The van der Waals surface area contributed by atoms with E-state index in [4.69, 9.17) is 0 Å². The summed E-state index contributed by atoms with van der Waals surface area (Å²) in [5.41, 5.74) is 2.24. The van der Waals surface area contributed by atoms with E-state index in [9.17, 15) is 14.7 Å². The van der Waals surface area contributed by atoms with Gasteiger partial charge in [0, 0.05) is 24.3 Å². The van der Waals surface area contributed by atoms with Crippen LogP contribution in [-0.2, 0) is 11.3 Å². The molecule has 0 radical (unpaired) electrons. The summed E-state index contributed by atoms with van der Waals surface area (Å²) in [6, 6.07) is 7.52. The van der Waals surface area contributed by atoms with Crippen LogP contribution in [0.4, 0.5) is 0 Å². The Morgan fingerprint density at radius 3 is 2.74 bits per heavy atom. The predicted octanol–water partition coefficient (Wildman–Crippen LogP) is 0.854. The number of carbonyl (C=O) groups is 1. The molecule has 1 saturated carbocycles. The third-order valence-electron chi connectivity index (χ3n) is 5.59. The highest BCUT2D eigenvalue weighted by atomic mass is 16.3. The fourth-order valence-electron chi connectivity index (χ4n) is 3.83. The zero-order valence-electron chi connectivity index (χ0n) is 15.6. The van der Waals surface area contributed by atoms with Crippen LogP contribution in [0.1, 0.15) is 37.1 Å². The number of aryl methyl sites for hydroxylation is 1. The van der Waals surface area contributed by atoms with E-state index in [2.05, 4.69) is 15.2 Å². The molecule has 2 N–H and O–H groups in total. The minimum atomic E-state index is -0.917. The fraction of sp³-hybridized carbons (Fsp3) is 0.550. The van der Waals surface area contributed by atoms with Gasteiger partial charge in [-0.05, 0) is 63.7 Å². The summed E-state index contributed by atoms with van der Waals surface area (Å²) in [6.07, 6.45) is 2.67. The minimum Gasteiger partial charge on any atom is -0.383 e. The lowest BCUT2D eigenvalue weighted by Gasteiger charge is -2.33. The molecule has 1 atom stereocenters. The average molecular weight is 370 g/mol. The van der Waals surface area contributed by atoms with Gasteiger partial charge in [-0.1, -0.05) is 6.07 Å². The Hall–Kier alpha value is -2.25. The van der Waals surface area contributed by atoms with Crippen molar-refractivity contribution in [2.45, 2.75) is 51.3 Å². The molecule has 2 aromatic heterocycles. The van der Waals surface area contributed by atoms with Crippen molar-refractivity contribution >= 4 is 11.6 Å². The number of fused-ring (bicyclic) bond motifs is 1. The lowest BCUT2D eigenvalue weighted by molar-refractivity contribution is -0.133. The van der Waals surface area contributed by atoms with Gasteiger partial charge in [-0.25, -0.2) is 4.98 Å². The number of likely N-dealkylation sites (tertiary alicyclic amines) is 1. The molecule has 1 aliphatic heterocycles. The van der Waals surface area contributed by atoms with Crippen molar-refractivity contribution in [2.75, 3.05) is 13.1 Å². The van der Waals surface area contributed by atoms with Crippen molar-refractivity contribution < 1.29 is 9.90 Å². The molecule has 7 heteroatoms. The molecule has 0 bridgehead atoms. The van der Waals surface area contributed by atoms with Gasteiger partial charge >= 0.3 is 0 Å². The molecule has 2 aliphatic rings. The fourth-order valence-corrected chi connectivity index (χ4v) is 3.83. The standard InChI is InChI=1S/C20H26N4O3/c1-13-3-2-4-17-21-16(11-18(25)24(13)17)12-23-9-7-14(8-10-23)19(26)20(27)22-15-5-6-15/h2-4,11,14-15,19,26H,5-10,12H2,1H3,(H,22,27)/t19-/m0/s1. The molecule has 7 nitrogen and oxygen atoms in total. The number of nitrogens with one attached hydrogen (secondary N) is 1. The first-order valence-electron chi connectivity index (χ1n) is 9.70. The van der Waals surface area contributed by atoms with Crippen LogP contribution in [-0.4, -0.2) is 50.5 Å². The van der Waals surface area contributed by atoms with E-state index in [-0.39, 0.29) is 23.4 Å². The Morgan fingerprint density at radius 2 is 2.04 bits per heavy atom.